The van der Waals surface area contributed by atoms with Crippen LogP contribution in [0.2, 0.25) is 0 Å². The Balaban J connectivity index is 1.77. The van der Waals surface area contributed by atoms with Crippen molar-refractivity contribution in [2.75, 3.05) is 19.8 Å². The quantitative estimate of drug-likeness (QED) is 0.364. The van der Waals surface area contributed by atoms with E-state index in [0.717, 1.165) is 5.56 Å². The first-order valence-corrected chi connectivity index (χ1v) is 8.37. The Morgan fingerprint density at radius 2 is 1.73 bits per heavy atom. The molecule has 7 heteroatoms. The van der Waals surface area contributed by atoms with E-state index >= 15 is 0 Å². The number of phenols is 2. The maximum absolute atomic E-state index is 10.0. The molecule has 0 saturated heterocycles. The first-order chi connectivity index (χ1) is 12.5. The number of rotatable bonds is 10. The molecule has 0 saturated carbocycles. The fourth-order valence-corrected chi connectivity index (χ4v) is 2.45. The van der Waals surface area contributed by atoms with E-state index in [1.807, 2.05) is 0 Å². The zero-order chi connectivity index (χ0) is 18.9. The molecule has 0 spiro atoms. The second kappa shape index (κ2) is 9.98. The number of benzene rings is 2. The minimum Gasteiger partial charge on any atom is -0.508 e. The highest BCUT2D eigenvalue weighted by molar-refractivity contribution is 5.38. The molecule has 0 amide bonds. The van der Waals surface area contributed by atoms with Crippen molar-refractivity contribution in [1.82, 2.24) is 5.32 Å². The molecule has 6 N–H and O–H groups in total. The van der Waals surface area contributed by atoms with Crippen molar-refractivity contribution in [3.05, 3.63) is 53.6 Å². The number of phenolic OH excluding ortho intramolecular Hbond substituents is 1. The van der Waals surface area contributed by atoms with Crippen LogP contribution in [-0.2, 0) is 13.0 Å². The summed E-state index contributed by atoms with van der Waals surface area (Å²) in [6, 6.07) is 11.0. The third kappa shape index (κ3) is 6.20. The minimum atomic E-state index is -0.796. The van der Waals surface area contributed by atoms with E-state index in [9.17, 15) is 20.4 Å². The van der Waals surface area contributed by atoms with Crippen LogP contribution in [0.15, 0.2) is 42.5 Å². The normalized spacial score (nSPS) is 13.3. The smallest absolute Gasteiger partial charge is 0.121 e. The summed E-state index contributed by atoms with van der Waals surface area (Å²) in [6.45, 7) is -0.136. The number of aromatic hydroxyl groups is 2. The lowest BCUT2D eigenvalue weighted by molar-refractivity contribution is 0.0996. The van der Waals surface area contributed by atoms with Gasteiger partial charge in [0.2, 0.25) is 0 Å². The van der Waals surface area contributed by atoms with Crippen LogP contribution >= 0.6 is 0 Å². The fourth-order valence-electron chi connectivity index (χ4n) is 2.45. The lowest BCUT2D eigenvalue weighted by atomic mass is 10.1. The summed E-state index contributed by atoms with van der Waals surface area (Å²) in [5.41, 5.74) is 1.31. The number of hydrogen-bond donors (Lipinski definition) is 6. The first kappa shape index (κ1) is 20.0. The van der Waals surface area contributed by atoms with Gasteiger partial charge in [-0.3, -0.25) is 0 Å². The van der Waals surface area contributed by atoms with Gasteiger partial charge in [-0.15, -0.1) is 0 Å². The van der Waals surface area contributed by atoms with E-state index < -0.39 is 6.10 Å². The van der Waals surface area contributed by atoms with Crippen LogP contribution < -0.4 is 10.1 Å². The number of nitrogens with one attached hydrogen (secondary N) is 1. The molecule has 2 aromatic rings. The molecule has 0 fully saturated rings. The summed E-state index contributed by atoms with van der Waals surface area (Å²) in [5, 5.41) is 50.5. The van der Waals surface area contributed by atoms with Crippen molar-refractivity contribution in [3.8, 4) is 17.2 Å². The summed E-state index contributed by atoms with van der Waals surface area (Å²) < 4.78 is 5.46. The Morgan fingerprint density at radius 1 is 1.00 bits per heavy atom. The Kier molecular flexibility index (Phi) is 7.68. The molecule has 0 heterocycles. The number of ether oxygens (including phenoxy) is 1. The van der Waals surface area contributed by atoms with E-state index in [2.05, 4.69) is 5.32 Å². The van der Waals surface area contributed by atoms with Gasteiger partial charge in [-0.1, -0.05) is 12.1 Å². The fraction of sp³-hybridized carbons (Fsp3) is 0.368. The van der Waals surface area contributed by atoms with E-state index in [0.29, 0.717) is 17.7 Å². The molecular formula is C19H25NO6. The molecule has 2 aromatic carbocycles. The summed E-state index contributed by atoms with van der Waals surface area (Å²) in [5.74, 6) is 0.615. The topological polar surface area (TPSA) is 122 Å². The molecule has 2 atom stereocenters. The van der Waals surface area contributed by atoms with Crippen molar-refractivity contribution in [3.63, 3.8) is 0 Å². The van der Waals surface area contributed by atoms with Crippen LogP contribution in [-0.4, -0.2) is 57.4 Å². The van der Waals surface area contributed by atoms with Gasteiger partial charge < -0.3 is 35.6 Å². The maximum atomic E-state index is 10.0. The Bertz CT molecular complexity index is 676. The summed E-state index contributed by atoms with van der Waals surface area (Å²) in [6.07, 6.45) is -0.238. The third-order valence-electron chi connectivity index (χ3n) is 3.94. The molecule has 0 bridgehead atoms. The van der Waals surface area contributed by atoms with Crippen LogP contribution in [0.25, 0.3) is 0 Å². The standard InChI is InChI=1S/C19H25NO6/c21-10-14-8-18(5-6-19(14)25)26-12-17(24)9-20-15(11-22)7-13-1-3-16(23)4-2-13/h1-6,8,15,17,20-25H,7,9-12H2/t15-,17-/m0/s1. The predicted molar refractivity (Wildman–Crippen MR) is 96.2 cm³/mol. The highest BCUT2D eigenvalue weighted by Gasteiger charge is 2.12. The molecule has 0 unspecified atom stereocenters. The lowest BCUT2D eigenvalue weighted by Gasteiger charge is -2.19. The molecular weight excluding hydrogens is 338 g/mol. The van der Waals surface area contributed by atoms with E-state index in [1.165, 1.54) is 12.1 Å². The zero-order valence-electron chi connectivity index (χ0n) is 14.4. The molecule has 142 valence electrons. The second-order valence-electron chi connectivity index (χ2n) is 6.07. The predicted octanol–water partition coefficient (Wildman–Crippen LogP) is 0.523. The van der Waals surface area contributed by atoms with Crippen LogP contribution in [0.1, 0.15) is 11.1 Å². The molecule has 0 aliphatic carbocycles. The van der Waals surface area contributed by atoms with Crippen LogP contribution in [0.4, 0.5) is 0 Å². The molecule has 7 nitrogen and oxygen atoms in total. The van der Waals surface area contributed by atoms with Crippen molar-refractivity contribution >= 4 is 0 Å². The summed E-state index contributed by atoms with van der Waals surface area (Å²) in [7, 11) is 0. The highest BCUT2D eigenvalue weighted by atomic mass is 16.5. The van der Waals surface area contributed by atoms with Gasteiger partial charge in [-0.25, -0.2) is 0 Å². The van der Waals surface area contributed by atoms with Gasteiger partial charge in [0.15, 0.2) is 0 Å². The monoisotopic (exact) mass is 363 g/mol. The van der Waals surface area contributed by atoms with Gasteiger partial charge in [0.05, 0.1) is 13.2 Å². The molecule has 2 rings (SSSR count). The minimum absolute atomic E-state index is 0.0120. The molecule has 0 radical (unpaired) electrons. The first-order valence-electron chi connectivity index (χ1n) is 8.37. The van der Waals surface area contributed by atoms with Crippen molar-refractivity contribution < 1.29 is 30.3 Å². The van der Waals surface area contributed by atoms with Crippen molar-refractivity contribution in [2.45, 2.75) is 25.2 Å². The summed E-state index contributed by atoms with van der Waals surface area (Å²) >= 11 is 0. The number of aliphatic hydroxyl groups excluding tert-OH is 3. The van der Waals surface area contributed by atoms with Crippen molar-refractivity contribution in [1.29, 1.82) is 0 Å². The largest absolute Gasteiger partial charge is 0.508 e. The van der Waals surface area contributed by atoms with Crippen LogP contribution in [0, 0.1) is 0 Å². The Labute approximate surface area is 152 Å². The van der Waals surface area contributed by atoms with Gasteiger partial charge in [-0.05, 0) is 42.3 Å². The third-order valence-corrected chi connectivity index (χ3v) is 3.94. The lowest BCUT2D eigenvalue weighted by Crippen LogP contribution is -2.41. The second-order valence-corrected chi connectivity index (χ2v) is 6.07. The Morgan fingerprint density at radius 3 is 2.38 bits per heavy atom. The molecule has 0 aliphatic rings. The van der Waals surface area contributed by atoms with Crippen LogP contribution in [0.5, 0.6) is 17.2 Å². The average Bonchev–Trinajstić information content (AvgIpc) is 2.65. The van der Waals surface area contributed by atoms with Crippen LogP contribution in [0.3, 0.4) is 0 Å². The van der Waals surface area contributed by atoms with Gasteiger partial charge in [0.25, 0.3) is 0 Å². The number of aliphatic hydroxyl groups is 3. The van der Waals surface area contributed by atoms with Gasteiger partial charge >= 0.3 is 0 Å². The van der Waals surface area contributed by atoms with Crippen molar-refractivity contribution in [2.24, 2.45) is 0 Å². The number of hydrogen-bond acceptors (Lipinski definition) is 7. The molecule has 26 heavy (non-hydrogen) atoms. The van der Waals surface area contributed by atoms with Gasteiger partial charge in [0, 0.05) is 18.2 Å². The molecule has 0 aromatic heterocycles. The maximum Gasteiger partial charge on any atom is 0.121 e. The average molecular weight is 363 g/mol. The van der Waals surface area contributed by atoms with Gasteiger partial charge in [0.1, 0.15) is 30.0 Å². The zero-order valence-corrected chi connectivity index (χ0v) is 14.4. The van der Waals surface area contributed by atoms with E-state index in [-0.39, 0.29) is 43.9 Å². The van der Waals surface area contributed by atoms with E-state index in [1.54, 1.807) is 30.3 Å². The highest BCUT2D eigenvalue weighted by Crippen LogP contribution is 2.23. The Hall–Kier alpha value is -2.32. The molecule has 0 aliphatic heterocycles. The van der Waals surface area contributed by atoms with Gasteiger partial charge in [-0.2, -0.15) is 0 Å². The van der Waals surface area contributed by atoms with E-state index in [4.69, 9.17) is 9.84 Å². The summed E-state index contributed by atoms with van der Waals surface area (Å²) in [4.78, 5) is 0. The SMILES string of the molecule is OCc1cc(OC[C@@H](O)CN[C@H](CO)Cc2ccc(O)cc2)ccc1O.